The summed E-state index contributed by atoms with van der Waals surface area (Å²) in [7, 11) is 0. The molecule has 0 bridgehead atoms. The number of aryl methyl sites for hydroxylation is 2. The number of carbonyl (C=O) groups excluding carboxylic acids is 1. The molecule has 124 valence electrons. The quantitative estimate of drug-likeness (QED) is 0.675. The Labute approximate surface area is 144 Å². The van der Waals surface area contributed by atoms with Crippen molar-refractivity contribution in [3.05, 3.63) is 59.0 Å². The second-order valence-corrected chi connectivity index (χ2v) is 6.00. The topological polar surface area (TPSA) is 75.6 Å². The van der Waals surface area contributed by atoms with Crippen molar-refractivity contribution in [1.29, 1.82) is 0 Å². The molecule has 0 fully saturated rings. The van der Waals surface area contributed by atoms with E-state index in [1.807, 2.05) is 31.2 Å². The highest BCUT2D eigenvalue weighted by Crippen LogP contribution is 2.18. The molecule has 3 rings (SSSR count). The SMILES string of the molecule is Cc1ccc(-c2cc(C(=O)NCCCn3cc(Cl)cn3)[nH]n2)cc1. The number of nitrogens with zero attached hydrogens (tertiary/aromatic N) is 3. The summed E-state index contributed by atoms with van der Waals surface area (Å²) < 4.78 is 1.75. The third-order valence-corrected chi connectivity index (χ3v) is 3.82. The molecule has 0 aliphatic rings. The fraction of sp³-hybridized carbons (Fsp3) is 0.235. The Morgan fingerprint density at radius 1 is 1.33 bits per heavy atom. The molecule has 0 aliphatic carbocycles. The number of H-pyrrole nitrogens is 1. The lowest BCUT2D eigenvalue weighted by atomic mass is 10.1. The van der Waals surface area contributed by atoms with E-state index >= 15 is 0 Å². The average molecular weight is 344 g/mol. The summed E-state index contributed by atoms with van der Waals surface area (Å²) in [5.41, 5.74) is 3.37. The average Bonchev–Trinajstić information content (AvgIpc) is 3.21. The van der Waals surface area contributed by atoms with Crippen molar-refractivity contribution in [3.63, 3.8) is 0 Å². The van der Waals surface area contributed by atoms with Crippen molar-refractivity contribution >= 4 is 17.5 Å². The minimum absolute atomic E-state index is 0.167. The monoisotopic (exact) mass is 343 g/mol. The van der Waals surface area contributed by atoms with E-state index in [0.717, 1.165) is 17.7 Å². The Bertz CT molecular complexity index is 822. The van der Waals surface area contributed by atoms with Crippen LogP contribution in [0.2, 0.25) is 5.02 Å². The molecule has 3 aromatic rings. The summed E-state index contributed by atoms with van der Waals surface area (Å²) in [6.45, 7) is 3.28. The van der Waals surface area contributed by atoms with Crippen molar-refractivity contribution in [3.8, 4) is 11.3 Å². The molecule has 0 atom stereocenters. The molecule has 0 unspecified atom stereocenters. The largest absolute Gasteiger partial charge is 0.351 e. The normalized spacial score (nSPS) is 10.8. The Morgan fingerprint density at radius 2 is 2.12 bits per heavy atom. The zero-order valence-corrected chi connectivity index (χ0v) is 14.0. The molecule has 1 aromatic carbocycles. The summed E-state index contributed by atoms with van der Waals surface area (Å²) in [5.74, 6) is -0.167. The number of nitrogens with one attached hydrogen (secondary N) is 2. The van der Waals surface area contributed by atoms with Gasteiger partial charge in [0, 0.05) is 24.8 Å². The van der Waals surface area contributed by atoms with Crippen LogP contribution in [0.4, 0.5) is 0 Å². The number of aromatic nitrogens is 4. The fourth-order valence-electron chi connectivity index (χ4n) is 2.31. The molecule has 0 radical (unpaired) electrons. The third-order valence-electron chi connectivity index (χ3n) is 3.62. The summed E-state index contributed by atoms with van der Waals surface area (Å²) in [5, 5.41) is 14.6. The molecule has 0 spiro atoms. The second-order valence-electron chi connectivity index (χ2n) is 5.56. The third kappa shape index (κ3) is 4.02. The van der Waals surface area contributed by atoms with Crippen LogP contribution in [0.5, 0.6) is 0 Å². The van der Waals surface area contributed by atoms with Crippen molar-refractivity contribution in [2.45, 2.75) is 19.9 Å². The number of hydrogen-bond donors (Lipinski definition) is 2. The van der Waals surface area contributed by atoms with Crippen LogP contribution in [0, 0.1) is 6.92 Å². The molecule has 1 amide bonds. The minimum atomic E-state index is -0.167. The van der Waals surface area contributed by atoms with Crippen LogP contribution >= 0.6 is 11.6 Å². The van der Waals surface area contributed by atoms with Crippen molar-refractivity contribution in [1.82, 2.24) is 25.3 Å². The predicted molar refractivity (Wildman–Crippen MR) is 92.9 cm³/mol. The Hall–Kier alpha value is -2.60. The Morgan fingerprint density at radius 3 is 2.83 bits per heavy atom. The van der Waals surface area contributed by atoms with Gasteiger partial charge in [-0.15, -0.1) is 0 Å². The molecule has 6 nitrogen and oxygen atoms in total. The van der Waals surface area contributed by atoms with Crippen molar-refractivity contribution in [2.75, 3.05) is 6.54 Å². The highest BCUT2D eigenvalue weighted by atomic mass is 35.5. The Kier molecular flexibility index (Phi) is 4.96. The van der Waals surface area contributed by atoms with E-state index in [1.54, 1.807) is 23.1 Å². The first kappa shape index (κ1) is 16.3. The van der Waals surface area contributed by atoms with Crippen LogP contribution < -0.4 is 5.32 Å². The number of benzene rings is 1. The molecule has 0 saturated carbocycles. The van der Waals surface area contributed by atoms with Gasteiger partial charge in [-0.1, -0.05) is 41.4 Å². The van der Waals surface area contributed by atoms with Crippen LogP contribution in [0.1, 0.15) is 22.5 Å². The van der Waals surface area contributed by atoms with Crippen molar-refractivity contribution in [2.24, 2.45) is 0 Å². The van der Waals surface area contributed by atoms with Crippen LogP contribution in [0.3, 0.4) is 0 Å². The van der Waals surface area contributed by atoms with Gasteiger partial charge in [-0.2, -0.15) is 10.2 Å². The van der Waals surface area contributed by atoms with Gasteiger partial charge < -0.3 is 5.32 Å². The van der Waals surface area contributed by atoms with Gasteiger partial charge in [-0.25, -0.2) is 0 Å². The molecule has 0 aliphatic heterocycles. The number of halogens is 1. The zero-order chi connectivity index (χ0) is 16.9. The Balaban J connectivity index is 1.51. The number of carbonyl (C=O) groups is 1. The first-order valence-electron chi connectivity index (χ1n) is 7.70. The number of aromatic amines is 1. The van der Waals surface area contributed by atoms with Crippen LogP contribution in [0.25, 0.3) is 11.3 Å². The molecule has 7 heteroatoms. The van der Waals surface area contributed by atoms with E-state index in [-0.39, 0.29) is 5.91 Å². The maximum Gasteiger partial charge on any atom is 0.269 e. The van der Waals surface area contributed by atoms with E-state index in [9.17, 15) is 4.79 Å². The number of amides is 1. The summed E-state index contributed by atoms with van der Waals surface area (Å²) >= 11 is 5.80. The summed E-state index contributed by atoms with van der Waals surface area (Å²) in [6, 6.07) is 9.77. The molecule has 2 N–H and O–H groups in total. The minimum Gasteiger partial charge on any atom is -0.351 e. The van der Waals surface area contributed by atoms with Crippen LogP contribution in [-0.2, 0) is 6.54 Å². The standard InChI is InChI=1S/C17H18ClN5O/c1-12-3-5-13(6-4-12)15-9-16(22-21-15)17(24)19-7-2-8-23-11-14(18)10-20-23/h3-6,9-11H,2,7-8H2,1H3,(H,19,24)(H,21,22). The highest BCUT2D eigenvalue weighted by molar-refractivity contribution is 6.30. The van der Waals surface area contributed by atoms with Gasteiger partial charge in [-0.3, -0.25) is 14.6 Å². The van der Waals surface area contributed by atoms with E-state index in [4.69, 9.17) is 11.6 Å². The van der Waals surface area contributed by atoms with Gasteiger partial charge in [-0.05, 0) is 19.4 Å². The van der Waals surface area contributed by atoms with E-state index in [1.165, 1.54) is 5.56 Å². The van der Waals surface area contributed by atoms with Crippen LogP contribution in [0.15, 0.2) is 42.7 Å². The summed E-state index contributed by atoms with van der Waals surface area (Å²) in [4.78, 5) is 12.1. The van der Waals surface area contributed by atoms with Gasteiger partial charge in [0.1, 0.15) is 5.69 Å². The van der Waals surface area contributed by atoms with Gasteiger partial charge in [0.05, 0.1) is 16.9 Å². The molecule has 0 saturated heterocycles. The molecular weight excluding hydrogens is 326 g/mol. The predicted octanol–water partition coefficient (Wildman–Crippen LogP) is 3.06. The van der Waals surface area contributed by atoms with E-state index in [2.05, 4.69) is 20.6 Å². The van der Waals surface area contributed by atoms with Gasteiger partial charge in [0.25, 0.3) is 5.91 Å². The van der Waals surface area contributed by atoms with Gasteiger partial charge >= 0.3 is 0 Å². The van der Waals surface area contributed by atoms with E-state index < -0.39 is 0 Å². The lowest BCUT2D eigenvalue weighted by molar-refractivity contribution is 0.0947. The van der Waals surface area contributed by atoms with E-state index in [0.29, 0.717) is 23.8 Å². The molecule has 2 heterocycles. The fourth-order valence-corrected chi connectivity index (χ4v) is 2.47. The first-order chi connectivity index (χ1) is 11.6. The maximum atomic E-state index is 12.1. The molecular formula is C17H18ClN5O. The number of hydrogen-bond acceptors (Lipinski definition) is 3. The lowest BCUT2D eigenvalue weighted by Gasteiger charge is -2.03. The molecule has 24 heavy (non-hydrogen) atoms. The lowest BCUT2D eigenvalue weighted by Crippen LogP contribution is -2.25. The van der Waals surface area contributed by atoms with Gasteiger partial charge in [0.15, 0.2) is 0 Å². The van der Waals surface area contributed by atoms with Crippen LogP contribution in [-0.4, -0.2) is 32.4 Å². The zero-order valence-electron chi connectivity index (χ0n) is 13.3. The smallest absolute Gasteiger partial charge is 0.269 e. The molecule has 2 aromatic heterocycles. The summed E-state index contributed by atoms with van der Waals surface area (Å²) in [6.07, 6.45) is 4.12. The first-order valence-corrected chi connectivity index (χ1v) is 8.08. The van der Waals surface area contributed by atoms with Gasteiger partial charge in [0.2, 0.25) is 0 Å². The number of rotatable bonds is 6. The second kappa shape index (κ2) is 7.31. The van der Waals surface area contributed by atoms with Crippen molar-refractivity contribution < 1.29 is 4.79 Å². The maximum absolute atomic E-state index is 12.1. The highest BCUT2D eigenvalue weighted by Gasteiger charge is 2.10.